The number of rotatable bonds is 2. The molecule has 1 N–H and O–H groups in total. The summed E-state index contributed by atoms with van der Waals surface area (Å²) in [7, 11) is 0. The van der Waals surface area contributed by atoms with Gasteiger partial charge in [-0.15, -0.1) is 0 Å². The first-order chi connectivity index (χ1) is 10.1. The van der Waals surface area contributed by atoms with Gasteiger partial charge in [-0.3, -0.25) is 4.79 Å². The smallest absolute Gasteiger partial charge is 0.335 e. The molecule has 0 aromatic heterocycles. The van der Waals surface area contributed by atoms with Crippen LogP contribution in [0.25, 0.3) is 0 Å². The standard InChI is InChI=1S/C17H19NO3/c19-16(13-7-11-6-12(11)8-13)18-5-4-14-10(9-18)2-1-3-15(14)17(20)21/h1-3,11-13H,4-9H2,(H,20,21)/t11-,12+,13?. The molecule has 0 bridgehead atoms. The van der Waals surface area contributed by atoms with Crippen LogP contribution in [-0.4, -0.2) is 28.4 Å². The first-order valence-electron chi connectivity index (χ1n) is 7.76. The van der Waals surface area contributed by atoms with Crippen molar-refractivity contribution in [3.63, 3.8) is 0 Å². The predicted octanol–water partition coefficient (Wildman–Crippen LogP) is 2.32. The van der Waals surface area contributed by atoms with Crippen molar-refractivity contribution in [1.29, 1.82) is 0 Å². The molecule has 4 nitrogen and oxygen atoms in total. The average molecular weight is 285 g/mol. The van der Waals surface area contributed by atoms with Crippen LogP contribution < -0.4 is 0 Å². The summed E-state index contributed by atoms with van der Waals surface area (Å²) in [4.78, 5) is 25.8. The number of carbonyl (C=O) groups is 2. The molecule has 1 amide bonds. The first kappa shape index (κ1) is 12.9. The Morgan fingerprint density at radius 3 is 2.62 bits per heavy atom. The third-order valence-electron chi connectivity index (χ3n) is 5.40. The number of aromatic carboxylic acids is 1. The highest BCUT2D eigenvalue weighted by Crippen LogP contribution is 2.54. The molecule has 0 radical (unpaired) electrons. The quantitative estimate of drug-likeness (QED) is 0.907. The van der Waals surface area contributed by atoms with E-state index < -0.39 is 5.97 Å². The molecule has 4 heteroatoms. The van der Waals surface area contributed by atoms with E-state index >= 15 is 0 Å². The lowest BCUT2D eigenvalue weighted by Gasteiger charge is -2.32. The fraction of sp³-hybridized carbons (Fsp3) is 0.529. The zero-order valence-electron chi connectivity index (χ0n) is 11.9. The monoisotopic (exact) mass is 285 g/mol. The first-order valence-corrected chi connectivity index (χ1v) is 7.76. The highest BCUT2D eigenvalue weighted by molar-refractivity contribution is 5.90. The number of carboxylic acid groups (broad SMARTS) is 1. The van der Waals surface area contributed by atoms with Gasteiger partial charge in [0.05, 0.1) is 5.56 Å². The Balaban J connectivity index is 1.52. The van der Waals surface area contributed by atoms with Crippen LogP contribution in [-0.2, 0) is 17.8 Å². The number of hydrogen-bond donors (Lipinski definition) is 1. The Hall–Kier alpha value is -1.84. The van der Waals surface area contributed by atoms with Crippen molar-refractivity contribution in [2.45, 2.75) is 32.2 Å². The van der Waals surface area contributed by atoms with Crippen LogP contribution in [0.2, 0.25) is 0 Å². The van der Waals surface area contributed by atoms with Gasteiger partial charge in [0.2, 0.25) is 5.91 Å². The molecule has 3 aliphatic rings. The van der Waals surface area contributed by atoms with Gasteiger partial charge in [-0.1, -0.05) is 12.1 Å². The SMILES string of the molecule is O=C(O)c1cccc2c1CCN(C(=O)C1C[C@@H]3C[C@@H]3C1)C2. The number of benzene rings is 1. The van der Waals surface area contributed by atoms with Gasteiger partial charge >= 0.3 is 5.97 Å². The lowest BCUT2D eigenvalue weighted by Crippen LogP contribution is -2.40. The highest BCUT2D eigenvalue weighted by atomic mass is 16.4. The Bertz CT molecular complexity index is 614. The van der Waals surface area contributed by atoms with Crippen LogP contribution in [0, 0.1) is 17.8 Å². The average Bonchev–Trinajstić information content (AvgIpc) is 3.11. The van der Waals surface area contributed by atoms with Crippen molar-refractivity contribution in [1.82, 2.24) is 4.90 Å². The summed E-state index contributed by atoms with van der Waals surface area (Å²) in [5, 5.41) is 9.24. The van der Waals surface area contributed by atoms with Gasteiger partial charge in [0, 0.05) is 19.0 Å². The molecule has 21 heavy (non-hydrogen) atoms. The largest absolute Gasteiger partial charge is 0.478 e. The van der Waals surface area contributed by atoms with Crippen molar-refractivity contribution in [2.75, 3.05) is 6.54 Å². The summed E-state index contributed by atoms with van der Waals surface area (Å²) in [6.45, 7) is 1.23. The zero-order chi connectivity index (χ0) is 14.6. The fourth-order valence-electron chi connectivity index (χ4n) is 4.17. The van der Waals surface area contributed by atoms with Crippen molar-refractivity contribution in [2.24, 2.45) is 17.8 Å². The van der Waals surface area contributed by atoms with Crippen molar-refractivity contribution >= 4 is 11.9 Å². The Labute approximate surface area is 123 Å². The normalized spacial score (nSPS) is 29.7. The van der Waals surface area contributed by atoms with Crippen LogP contribution in [0.4, 0.5) is 0 Å². The minimum Gasteiger partial charge on any atom is -0.478 e. The van der Waals surface area contributed by atoms with Gasteiger partial charge in [-0.2, -0.15) is 0 Å². The summed E-state index contributed by atoms with van der Waals surface area (Å²) in [6.07, 6.45) is 4.13. The second-order valence-corrected chi connectivity index (χ2v) is 6.68. The van der Waals surface area contributed by atoms with Crippen molar-refractivity contribution in [3.8, 4) is 0 Å². The Kier molecular flexibility index (Phi) is 2.81. The van der Waals surface area contributed by atoms with Gasteiger partial charge in [-0.25, -0.2) is 4.79 Å². The predicted molar refractivity (Wildman–Crippen MR) is 76.8 cm³/mol. The Morgan fingerprint density at radius 2 is 1.90 bits per heavy atom. The van der Waals surface area contributed by atoms with Gasteiger partial charge in [0.25, 0.3) is 0 Å². The van der Waals surface area contributed by atoms with Gasteiger partial charge in [0.15, 0.2) is 0 Å². The van der Waals surface area contributed by atoms with Gasteiger partial charge in [0.1, 0.15) is 0 Å². The molecular formula is C17H19NO3. The maximum absolute atomic E-state index is 12.6. The minimum atomic E-state index is -0.873. The van der Waals surface area contributed by atoms with E-state index in [1.807, 2.05) is 11.0 Å². The van der Waals surface area contributed by atoms with Crippen molar-refractivity contribution in [3.05, 3.63) is 34.9 Å². The molecule has 2 fully saturated rings. The maximum atomic E-state index is 12.6. The topological polar surface area (TPSA) is 57.6 Å². The van der Waals surface area contributed by atoms with E-state index in [0.717, 1.165) is 35.8 Å². The van der Waals surface area contributed by atoms with Crippen LogP contribution in [0.1, 0.15) is 40.7 Å². The number of nitrogens with zero attached hydrogens (tertiary/aromatic N) is 1. The number of carbonyl (C=O) groups excluding carboxylic acids is 1. The molecule has 4 rings (SSSR count). The third kappa shape index (κ3) is 2.13. The molecule has 2 aliphatic carbocycles. The van der Waals surface area contributed by atoms with E-state index in [2.05, 4.69) is 0 Å². The van der Waals surface area contributed by atoms with Crippen molar-refractivity contribution < 1.29 is 14.7 Å². The minimum absolute atomic E-state index is 0.220. The van der Waals surface area contributed by atoms with Crippen LogP contribution in [0.5, 0.6) is 0 Å². The third-order valence-corrected chi connectivity index (χ3v) is 5.40. The molecule has 0 saturated heterocycles. The van der Waals surface area contributed by atoms with E-state index in [9.17, 15) is 14.7 Å². The van der Waals surface area contributed by atoms with Crippen LogP contribution in [0.3, 0.4) is 0 Å². The molecule has 1 aromatic carbocycles. The Morgan fingerprint density at radius 1 is 1.14 bits per heavy atom. The number of hydrogen-bond acceptors (Lipinski definition) is 2. The van der Waals surface area contributed by atoms with E-state index in [1.165, 1.54) is 6.42 Å². The van der Waals surface area contributed by atoms with E-state index in [0.29, 0.717) is 25.1 Å². The second-order valence-electron chi connectivity index (χ2n) is 6.68. The molecule has 1 aliphatic heterocycles. The highest BCUT2D eigenvalue weighted by Gasteiger charge is 2.48. The maximum Gasteiger partial charge on any atom is 0.335 e. The van der Waals surface area contributed by atoms with E-state index in [4.69, 9.17) is 0 Å². The number of carboxylic acids is 1. The summed E-state index contributed by atoms with van der Waals surface area (Å²) in [6, 6.07) is 5.39. The molecule has 2 saturated carbocycles. The summed E-state index contributed by atoms with van der Waals surface area (Å²) < 4.78 is 0. The second kappa shape index (κ2) is 4.58. The van der Waals surface area contributed by atoms with Gasteiger partial charge < -0.3 is 10.0 Å². The van der Waals surface area contributed by atoms with E-state index in [-0.39, 0.29) is 11.8 Å². The molecule has 1 aromatic rings. The molecule has 1 heterocycles. The molecule has 110 valence electrons. The fourth-order valence-corrected chi connectivity index (χ4v) is 4.17. The molecular weight excluding hydrogens is 266 g/mol. The van der Waals surface area contributed by atoms with Crippen LogP contribution in [0.15, 0.2) is 18.2 Å². The molecule has 0 spiro atoms. The number of amides is 1. The van der Waals surface area contributed by atoms with Crippen LogP contribution >= 0.6 is 0 Å². The number of fused-ring (bicyclic) bond motifs is 2. The van der Waals surface area contributed by atoms with Gasteiger partial charge in [-0.05, 0) is 54.7 Å². The van der Waals surface area contributed by atoms with E-state index in [1.54, 1.807) is 12.1 Å². The summed E-state index contributed by atoms with van der Waals surface area (Å²) >= 11 is 0. The summed E-state index contributed by atoms with van der Waals surface area (Å²) in [5.41, 5.74) is 2.29. The molecule has 1 unspecified atom stereocenters. The summed E-state index contributed by atoms with van der Waals surface area (Å²) in [5.74, 6) is 1.26. The zero-order valence-corrected chi connectivity index (χ0v) is 11.9. The molecule has 3 atom stereocenters. The lowest BCUT2D eigenvalue weighted by atomic mass is 9.93. The lowest BCUT2D eigenvalue weighted by molar-refractivity contribution is -0.136.